The zero-order chi connectivity index (χ0) is 12.8. The lowest BCUT2D eigenvalue weighted by Crippen LogP contribution is -1.85. The van der Waals surface area contributed by atoms with Crippen molar-refractivity contribution in [3.8, 4) is 0 Å². The summed E-state index contributed by atoms with van der Waals surface area (Å²) in [5.41, 5.74) is 2.94. The Bertz CT molecular complexity index is 551. The van der Waals surface area contributed by atoms with Gasteiger partial charge in [-0.1, -0.05) is 66.7 Å². The van der Waals surface area contributed by atoms with E-state index in [9.17, 15) is 5.11 Å². The van der Waals surface area contributed by atoms with Gasteiger partial charge in [0.1, 0.15) is 5.76 Å². The van der Waals surface area contributed by atoms with Crippen molar-refractivity contribution in [3.05, 3.63) is 83.9 Å². The maximum absolute atomic E-state index is 10.1. The molecular formula is C17H16O. The molecule has 0 saturated carbocycles. The fourth-order valence-electron chi connectivity index (χ4n) is 1.80. The molecular weight excluding hydrogens is 220 g/mol. The molecule has 90 valence electrons. The van der Waals surface area contributed by atoms with Crippen LogP contribution in [0.25, 0.3) is 11.3 Å². The van der Waals surface area contributed by atoms with Crippen molar-refractivity contribution in [1.82, 2.24) is 0 Å². The maximum Gasteiger partial charge on any atom is 0.123 e. The molecule has 1 heteroatoms. The lowest BCUT2D eigenvalue weighted by atomic mass is 10.0. The molecule has 1 nitrogen and oxygen atoms in total. The van der Waals surface area contributed by atoms with Crippen molar-refractivity contribution >= 4 is 11.3 Å². The predicted molar refractivity (Wildman–Crippen MR) is 77.1 cm³/mol. The van der Waals surface area contributed by atoms with Gasteiger partial charge in [-0.05, 0) is 24.1 Å². The van der Waals surface area contributed by atoms with Gasteiger partial charge in [0.25, 0.3) is 0 Å². The van der Waals surface area contributed by atoms with Gasteiger partial charge >= 0.3 is 0 Å². The molecule has 0 spiro atoms. The summed E-state index contributed by atoms with van der Waals surface area (Å²) in [5.74, 6) is 0.285. The van der Waals surface area contributed by atoms with E-state index in [0.717, 1.165) is 16.7 Å². The van der Waals surface area contributed by atoms with Crippen molar-refractivity contribution < 1.29 is 5.11 Å². The van der Waals surface area contributed by atoms with Crippen LogP contribution in [0.3, 0.4) is 0 Å². The quantitative estimate of drug-likeness (QED) is 0.605. The second-order valence-electron chi connectivity index (χ2n) is 4.01. The van der Waals surface area contributed by atoms with Gasteiger partial charge in [-0.25, -0.2) is 0 Å². The first kappa shape index (κ1) is 12.2. The average Bonchev–Trinajstić information content (AvgIpc) is 2.46. The third-order valence-electron chi connectivity index (χ3n) is 2.78. The van der Waals surface area contributed by atoms with E-state index in [1.807, 2.05) is 73.7 Å². The van der Waals surface area contributed by atoms with E-state index in [0.29, 0.717) is 0 Å². The van der Waals surface area contributed by atoms with Gasteiger partial charge in [0.05, 0.1) is 0 Å². The van der Waals surface area contributed by atoms with Crippen LogP contribution in [0, 0.1) is 0 Å². The molecule has 0 heterocycles. The molecule has 18 heavy (non-hydrogen) atoms. The molecule has 0 saturated heterocycles. The minimum atomic E-state index is 0.285. The van der Waals surface area contributed by atoms with Crippen LogP contribution < -0.4 is 0 Å². The Labute approximate surface area is 108 Å². The fraction of sp³-hybridized carbons (Fsp3) is 0.0588. The molecule has 0 bridgehead atoms. The molecule has 2 aromatic rings. The number of rotatable bonds is 3. The average molecular weight is 236 g/mol. The lowest BCUT2D eigenvalue weighted by Gasteiger charge is -2.04. The van der Waals surface area contributed by atoms with Crippen molar-refractivity contribution in [3.63, 3.8) is 0 Å². The molecule has 0 atom stereocenters. The SMILES string of the molecule is C/C=C(\C=C(/O)c1ccccc1)c1ccccc1. The molecule has 0 radical (unpaired) electrons. The topological polar surface area (TPSA) is 20.2 Å². The van der Waals surface area contributed by atoms with Gasteiger partial charge in [-0.3, -0.25) is 0 Å². The van der Waals surface area contributed by atoms with Crippen LogP contribution in [0.4, 0.5) is 0 Å². The van der Waals surface area contributed by atoms with Crippen molar-refractivity contribution in [2.24, 2.45) is 0 Å². The monoisotopic (exact) mass is 236 g/mol. The van der Waals surface area contributed by atoms with E-state index in [2.05, 4.69) is 0 Å². The number of hydrogen-bond acceptors (Lipinski definition) is 1. The van der Waals surface area contributed by atoms with E-state index in [1.54, 1.807) is 6.08 Å². The summed E-state index contributed by atoms with van der Waals surface area (Å²) in [6.07, 6.45) is 3.79. The van der Waals surface area contributed by atoms with E-state index < -0.39 is 0 Å². The Morgan fingerprint density at radius 3 is 1.83 bits per heavy atom. The predicted octanol–water partition coefficient (Wildman–Crippen LogP) is 4.69. The highest BCUT2D eigenvalue weighted by atomic mass is 16.3. The lowest BCUT2D eigenvalue weighted by molar-refractivity contribution is 0.512. The van der Waals surface area contributed by atoms with Crippen molar-refractivity contribution in [1.29, 1.82) is 0 Å². The zero-order valence-electron chi connectivity index (χ0n) is 10.4. The summed E-state index contributed by atoms with van der Waals surface area (Å²) in [6, 6.07) is 19.6. The molecule has 0 fully saturated rings. The fourth-order valence-corrected chi connectivity index (χ4v) is 1.80. The molecule has 1 N–H and O–H groups in total. The summed E-state index contributed by atoms with van der Waals surface area (Å²) >= 11 is 0. The molecule has 0 unspecified atom stereocenters. The van der Waals surface area contributed by atoms with Gasteiger partial charge in [-0.15, -0.1) is 0 Å². The summed E-state index contributed by atoms with van der Waals surface area (Å²) in [6.45, 7) is 1.97. The van der Waals surface area contributed by atoms with Crippen LogP contribution in [0.15, 0.2) is 72.8 Å². The molecule has 2 aromatic carbocycles. The zero-order valence-corrected chi connectivity index (χ0v) is 10.4. The molecule has 0 aromatic heterocycles. The number of aliphatic hydroxyl groups is 1. The van der Waals surface area contributed by atoms with Crippen LogP contribution in [0.2, 0.25) is 0 Å². The summed E-state index contributed by atoms with van der Waals surface area (Å²) < 4.78 is 0. The first-order valence-corrected chi connectivity index (χ1v) is 5.99. The molecule has 0 aliphatic rings. The molecule has 2 rings (SSSR count). The normalized spacial score (nSPS) is 12.5. The largest absolute Gasteiger partial charge is 0.507 e. The Hall–Kier alpha value is -2.28. The molecule has 0 aliphatic heterocycles. The van der Waals surface area contributed by atoms with Crippen LogP contribution >= 0.6 is 0 Å². The van der Waals surface area contributed by atoms with Crippen LogP contribution in [-0.4, -0.2) is 5.11 Å². The summed E-state index contributed by atoms with van der Waals surface area (Å²) in [7, 11) is 0. The summed E-state index contributed by atoms with van der Waals surface area (Å²) in [4.78, 5) is 0. The van der Waals surface area contributed by atoms with Gasteiger partial charge in [0.15, 0.2) is 0 Å². The second-order valence-corrected chi connectivity index (χ2v) is 4.01. The Balaban J connectivity index is 2.32. The smallest absolute Gasteiger partial charge is 0.123 e. The minimum absolute atomic E-state index is 0.285. The van der Waals surface area contributed by atoms with E-state index in [4.69, 9.17) is 0 Å². The Kier molecular flexibility index (Phi) is 3.98. The third kappa shape index (κ3) is 2.89. The first-order valence-electron chi connectivity index (χ1n) is 5.99. The van der Waals surface area contributed by atoms with Gasteiger partial charge in [-0.2, -0.15) is 0 Å². The van der Waals surface area contributed by atoms with Crippen molar-refractivity contribution in [2.45, 2.75) is 6.92 Å². The standard InChI is InChI=1S/C17H16O/c1-2-14(15-9-5-3-6-10-15)13-17(18)16-11-7-4-8-12-16/h2-13,18H,1H3/b14-2+,17-13-. The van der Waals surface area contributed by atoms with Crippen molar-refractivity contribution in [2.75, 3.05) is 0 Å². The highest BCUT2D eigenvalue weighted by Crippen LogP contribution is 2.20. The third-order valence-corrected chi connectivity index (χ3v) is 2.78. The van der Waals surface area contributed by atoms with Gasteiger partial charge in [0.2, 0.25) is 0 Å². The van der Waals surface area contributed by atoms with Crippen LogP contribution in [0.1, 0.15) is 18.1 Å². The highest BCUT2D eigenvalue weighted by molar-refractivity contribution is 5.81. The second kappa shape index (κ2) is 5.87. The van der Waals surface area contributed by atoms with Gasteiger partial charge < -0.3 is 5.11 Å². The van der Waals surface area contributed by atoms with E-state index in [-0.39, 0.29) is 5.76 Å². The van der Waals surface area contributed by atoms with Gasteiger partial charge in [0, 0.05) is 5.56 Å². The summed E-state index contributed by atoms with van der Waals surface area (Å²) in [5, 5.41) is 10.1. The number of hydrogen-bond donors (Lipinski definition) is 1. The molecule has 0 aliphatic carbocycles. The van der Waals surface area contributed by atoms with Crippen LogP contribution in [-0.2, 0) is 0 Å². The molecule has 0 amide bonds. The minimum Gasteiger partial charge on any atom is -0.507 e. The van der Waals surface area contributed by atoms with E-state index in [1.165, 1.54) is 0 Å². The van der Waals surface area contributed by atoms with E-state index >= 15 is 0 Å². The number of benzene rings is 2. The first-order chi connectivity index (χ1) is 8.81. The number of aliphatic hydroxyl groups excluding tert-OH is 1. The van der Waals surface area contributed by atoms with Crippen LogP contribution in [0.5, 0.6) is 0 Å². The maximum atomic E-state index is 10.1. The number of allylic oxidation sites excluding steroid dienone is 3. The Morgan fingerprint density at radius 2 is 1.33 bits per heavy atom. The highest BCUT2D eigenvalue weighted by Gasteiger charge is 2.01. The Morgan fingerprint density at radius 1 is 0.833 bits per heavy atom.